The van der Waals surface area contributed by atoms with E-state index >= 15 is 0 Å². The zero-order valence-electron chi connectivity index (χ0n) is 13.4. The number of esters is 2. The van der Waals surface area contributed by atoms with E-state index < -0.39 is 16.9 Å². The molecule has 0 aromatic heterocycles. The van der Waals surface area contributed by atoms with Crippen molar-refractivity contribution in [2.45, 2.75) is 13.8 Å². The maximum absolute atomic E-state index is 11.8. The fraction of sp³-hybridized carbons (Fsp3) is 0.250. The molecule has 0 spiro atoms. The normalized spacial score (nSPS) is 10.5. The number of ether oxygens (including phenoxy) is 2. The van der Waals surface area contributed by atoms with Crippen molar-refractivity contribution in [1.82, 2.24) is 5.32 Å². The number of nitro groups is 1. The standard InChI is InChI=1S/C16H18N2O6/c1-3-23-15(19)13(16(20)24-4-2)10-17-14(11-18(21)22)12-8-6-5-7-9-12/h5-11,17H,3-4H2,1-2H3/b14-11+. The van der Waals surface area contributed by atoms with Crippen molar-refractivity contribution in [3.8, 4) is 0 Å². The van der Waals surface area contributed by atoms with Gasteiger partial charge in [-0.15, -0.1) is 0 Å². The molecule has 1 aromatic carbocycles. The third-order valence-corrected chi connectivity index (χ3v) is 2.68. The third kappa shape index (κ3) is 5.91. The van der Waals surface area contributed by atoms with Crippen LogP contribution in [0.15, 0.2) is 48.3 Å². The zero-order valence-corrected chi connectivity index (χ0v) is 13.4. The number of carbonyl (C=O) groups is 2. The molecule has 0 saturated heterocycles. The molecule has 0 fully saturated rings. The Labute approximate surface area is 138 Å². The van der Waals surface area contributed by atoms with Crippen molar-refractivity contribution in [2.75, 3.05) is 13.2 Å². The van der Waals surface area contributed by atoms with Crippen LogP contribution in [0.5, 0.6) is 0 Å². The first kappa shape index (κ1) is 18.9. The van der Waals surface area contributed by atoms with Crippen molar-refractivity contribution < 1.29 is 24.0 Å². The molecule has 8 nitrogen and oxygen atoms in total. The first-order valence-corrected chi connectivity index (χ1v) is 7.21. The summed E-state index contributed by atoms with van der Waals surface area (Å²) >= 11 is 0. The van der Waals surface area contributed by atoms with Crippen LogP contribution in [0.1, 0.15) is 19.4 Å². The number of rotatable bonds is 8. The van der Waals surface area contributed by atoms with Crippen LogP contribution in [0, 0.1) is 10.1 Å². The molecule has 0 aliphatic heterocycles. The minimum atomic E-state index is -0.878. The highest BCUT2D eigenvalue weighted by molar-refractivity contribution is 6.14. The molecule has 0 bridgehead atoms. The van der Waals surface area contributed by atoms with Crippen LogP contribution in [0.2, 0.25) is 0 Å². The molecular formula is C16H18N2O6. The van der Waals surface area contributed by atoms with Crippen LogP contribution in [-0.4, -0.2) is 30.1 Å². The Morgan fingerprint density at radius 1 is 1.12 bits per heavy atom. The number of carbonyl (C=O) groups excluding carboxylic acids is 2. The van der Waals surface area contributed by atoms with Crippen molar-refractivity contribution in [3.05, 3.63) is 64.0 Å². The number of nitrogens with one attached hydrogen (secondary N) is 1. The summed E-state index contributed by atoms with van der Waals surface area (Å²) in [7, 11) is 0. The molecule has 0 radical (unpaired) electrons. The highest BCUT2D eigenvalue weighted by Crippen LogP contribution is 2.12. The second-order valence-electron chi connectivity index (χ2n) is 4.34. The molecular weight excluding hydrogens is 316 g/mol. The number of nitrogens with zero attached hydrogens (tertiary/aromatic N) is 1. The van der Waals surface area contributed by atoms with Crippen LogP contribution in [-0.2, 0) is 19.1 Å². The lowest BCUT2D eigenvalue weighted by Crippen LogP contribution is -2.21. The molecule has 0 aliphatic carbocycles. The Hall–Kier alpha value is -3.16. The molecule has 0 heterocycles. The van der Waals surface area contributed by atoms with Gasteiger partial charge in [-0.05, 0) is 13.8 Å². The lowest BCUT2D eigenvalue weighted by molar-refractivity contribution is -0.401. The summed E-state index contributed by atoms with van der Waals surface area (Å²) in [4.78, 5) is 33.8. The number of hydrogen-bond donors (Lipinski definition) is 1. The summed E-state index contributed by atoms with van der Waals surface area (Å²) in [5.41, 5.74) is 0.230. The molecule has 24 heavy (non-hydrogen) atoms. The maximum atomic E-state index is 11.8. The van der Waals surface area contributed by atoms with Gasteiger partial charge >= 0.3 is 11.9 Å². The molecule has 0 unspecified atom stereocenters. The van der Waals surface area contributed by atoms with E-state index in [-0.39, 0.29) is 24.5 Å². The van der Waals surface area contributed by atoms with Crippen LogP contribution in [0.25, 0.3) is 5.70 Å². The van der Waals surface area contributed by atoms with Crippen molar-refractivity contribution in [1.29, 1.82) is 0 Å². The summed E-state index contributed by atoms with van der Waals surface area (Å²) in [6.07, 6.45) is 1.78. The fourth-order valence-electron chi connectivity index (χ4n) is 1.69. The van der Waals surface area contributed by atoms with E-state index in [1.165, 1.54) is 0 Å². The lowest BCUT2D eigenvalue weighted by atomic mass is 10.1. The van der Waals surface area contributed by atoms with E-state index in [4.69, 9.17) is 9.47 Å². The van der Waals surface area contributed by atoms with Gasteiger partial charge in [-0.25, -0.2) is 9.59 Å². The molecule has 0 aliphatic rings. The minimum absolute atomic E-state index is 0.0753. The van der Waals surface area contributed by atoms with Gasteiger partial charge in [0.25, 0.3) is 6.20 Å². The summed E-state index contributed by atoms with van der Waals surface area (Å²) in [5, 5.41) is 13.4. The van der Waals surface area contributed by atoms with Crippen LogP contribution < -0.4 is 5.32 Å². The predicted molar refractivity (Wildman–Crippen MR) is 85.9 cm³/mol. The smallest absolute Gasteiger partial charge is 0.347 e. The summed E-state index contributed by atoms with van der Waals surface area (Å²) in [6, 6.07) is 8.44. The largest absolute Gasteiger partial charge is 0.462 e. The average Bonchev–Trinajstić information content (AvgIpc) is 2.55. The van der Waals surface area contributed by atoms with Gasteiger partial charge in [0.1, 0.15) is 5.70 Å². The monoisotopic (exact) mass is 334 g/mol. The summed E-state index contributed by atoms with van der Waals surface area (Å²) in [6.45, 7) is 3.34. The Bertz CT molecular complexity index is 632. The van der Waals surface area contributed by atoms with Crippen molar-refractivity contribution in [3.63, 3.8) is 0 Å². The Kier molecular flexibility index (Phi) is 7.69. The van der Waals surface area contributed by atoms with E-state index in [1.54, 1.807) is 44.2 Å². The Morgan fingerprint density at radius 3 is 2.12 bits per heavy atom. The van der Waals surface area contributed by atoms with Crippen LogP contribution in [0.4, 0.5) is 0 Å². The Morgan fingerprint density at radius 2 is 1.67 bits per heavy atom. The average molecular weight is 334 g/mol. The van der Waals surface area contributed by atoms with Gasteiger partial charge in [0.2, 0.25) is 0 Å². The topological polar surface area (TPSA) is 108 Å². The predicted octanol–water partition coefficient (Wildman–Crippen LogP) is 1.86. The molecule has 128 valence electrons. The van der Waals surface area contributed by atoms with Crippen molar-refractivity contribution >= 4 is 17.6 Å². The van der Waals surface area contributed by atoms with Gasteiger partial charge in [0.15, 0.2) is 5.57 Å². The van der Waals surface area contributed by atoms with E-state index in [0.717, 1.165) is 12.4 Å². The SMILES string of the molecule is CCOC(=O)C(=CN/C(=C/[N+](=O)[O-])c1ccccc1)C(=O)OCC. The Balaban J connectivity index is 3.12. The zero-order chi connectivity index (χ0) is 17.9. The first-order chi connectivity index (χ1) is 11.5. The third-order valence-electron chi connectivity index (χ3n) is 2.68. The summed E-state index contributed by atoms with van der Waals surface area (Å²) < 4.78 is 9.58. The quantitative estimate of drug-likeness (QED) is 0.193. The van der Waals surface area contributed by atoms with Gasteiger partial charge in [-0.3, -0.25) is 10.1 Å². The molecule has 1 aromatic rings. The summed E-state index contributed by atoms with van der Waals surface area (Å²) in [5.74, 6) is -1.76. The van der Waals surface area contributed by atoms with Crippen LogP contribution in [0.3, 0.4) is 0 Å². The van der Waals surface area contributed by atoms with E-state index in [1.807, 2.05) is 0 Å². The molecule has 0 amide bonds. The fourth-order valence-corrected chi connectivity index (χ4v) is 1.69. The highest BCUT2D eigenvalue weighted by Gasteiger charge is 2.21. The lowest BCUT2D eigenvalue weighted by Gasteiger charge is -2.09. The van der Waals surface area contributed by atoms with Gasteiger partial charge in [0, 0.05) is 11.8 Å². The van der Waals surface area contributed by atoms with Gasteiger partial charge < -0.3 is 14.8 Å². The van der Waals surface area contributed by atoms with Gasteiger partial charge in [-0.2, -0.15) is 0 Å². The van der Waals surface area contributed by atoms with E-state index in [2.05, 4.69) is 5.32 Å². The second-order valence-corrected chi connectivity index (χ2v) is 4.34. The number of hydrogen-bond acceptors (Lipinski definition) is 7. The second kappa shape index (κ2) is 9.78. The van der Waals surface area contributed by atoms with Gasteiger partial charge in [-0.1, -0.05) is 30.3 Å². The van der Waals surface area contributed by atoms with Gasteiger partial charge in [0.05, 0.1) is 18.1 Å². The highest BCUT2D eigenvalue weighted by atomic mass is 16.6. The maximum Gasteiger partial charge on any atom is 0.347 e. The first-order valence-electron chi connectivity index (χ1n) is 7.21. The molecule has 1 rings (SSSR count). The molecule has 1 N–H and O–H groups in total. The molecule has 8 heteroatoms. The van der Waals surface area contributed by atoms with E-state index in [0.29, 0.717) is 5.56 Å². The molecule has 0 saturated carbocycles. The van der Waals surface area contributed by atoms with Crippen LogP contribution >= 0.6 is 0 Å². The van der Waals surface area contributed by atoms with Crippen molar-refractivity contribution in [2.24, 2.45) is 0 Å². The minimum Gasteiger partial charge on any atom is -0.462 e. The number of benzene rings is 1. The van der Waals surface area contributed by atoms with E-state index in [9.17, 15) is 19.7 Å². The molecule has 0 atom stereocenters.